The Morgan fingerprint density at radius 1 is 1.10 bits per heavy atom. The monoisotopic (exact) mass is 439 g/mol. The van der Waals surface area contributed by atoms with Crippen molar-refractivity contribution >= 4 is 33.4 Å². The largest absolute Gasteiger partial charge is 0.457 e. The Labute approximate surface area is 173 Å². The molecule has 0 amide bonds. The van der Waals surface area contributed by atoms with Crippen LogP contribution in [-0.4, -0.2) is 44.2 Å². The van der Waals surface area contributed by atoms with E-state index in [1.165, 1.54) is 40.7 Å². The van der Waals surface area contributed by atoms with Crippen LogP contribution >= 0.6 is 11.6 Å². The van der Waals surface area contributed by atoms with Crippen LogP contribution in [0.2, 0.25) is 5.02 Å². The molecular formula is C20H19ClFNO5S. The van der Waals surface area contributed by atoms with E-state index in [4.69, 9.17) is 16.3 Å². The predicted octanol–water partition coefficient (Wildman–Crippen LogP) is 3.31. The molecule has 2 aromatic rings. The molecule has 1 unspecified atom stereocenters. The second-order valence-electron chi connectivity index (χ2n) is 6.69. The Bertz CT molecular complexity index is 993. The SMILES string of the molecule is O=C(COC(=O)C1CCCN(S(=O)(=O)c2ccc(Cl)cc2)C1)c1ccc(F)cc1. The van der Waals surface area contributed by atoms with Crippen LogP contribution in [0, 0.1) is 11.7 Å². The number of rotatable bonds is 6. The number of sulfonamides is 1. The average molecular weight is 440 g/mol. The topological polar surface area (TPSA) is 80.8 Å². The molecule has 9 heteroatoms. The summed E-state index contributed by atoms with van der Waals surface area (Å²) in [6, 6.07) is 10.7. The van der Waals surface area contributed by atoms with Gasteiger partial charge in [-0.1, -0.05) is 11.6 Å². The first-order valence-corrected chi connectivity index (χ1v) is 10.8. The summed E-state index contributed by atoms with van der Waals surface area (Å²) in [6.45, 7) is -0.206. The highest BCUT2D eigenvalue weighted by Crippen LogP contribution is 2.25. The molecule has 2 aromatic carbocycles. The van der Waals surface area contributed by atoms with Gasteiger partial charge in [0.1, 0.15) is 5.82 Å². The van der Waals surface area contributed by atoms with Gasteiger partial charge in [-0.15, -0.1) is 0 Å². The summed E-state index contributed by atoms with van der Waals surface area (Å²) in [5, 5.41) is 0.426. The summed E-state index contributed by atoms with van der Waals surface area (Å²) in [5.74, 6) is -2.22. The molecule has 1 saturated heterocycles. The Hall–Kier alpha value is -2.29. The van der Waals surface area contributed by atoms with Gasteiger partial charge in [-0.25, -0.2) is 12.8 Å². The lowest BCUT2D eigenvalue weighted by Gasteiger charge is -2.30. The molecule has 1 heterocycles. The molecule has 0 N–H and O–H groups in total. The van der Waals surface area contributed by atoms with Crippen molar-refractivity contribution in [2.45, 2.75) is 17.7 Å². The number of benzene rings is 2. The van der Waals surface area contributed by atoms with Crippen molar-refractivity contribution in [3.8, 4) is 0 Å². The van der Waals surface area contributed by atoms with Crippen LogP contribution in [0.3, 0.4) is 0 Å². The molecule has 0 bridgehead atoms. The fourth-order valence-electron chi connectivity index (χ4n) is 3.08. The second-order valence-corrected chi connectivity index (χ2v) is 9.07. The smallest absolute Gasteiger partial charge is 0.310 e. The normalized spacial score (nSPS) is 17.7. The number of hydrogen-bond acceptors (Lipinski definition) is 5. The molecule has 0 saturated carbocycles. The minimum absolute atomic E-state index is 0.0193. The lowest BCUT2D eigenvalue weighted by molar-refractivity contribution is -0.148. The number of Topliss-reactive ketones (excluding diaryl/α,β-unsaturated/α-hetero) is 1. The van der Waals surface area contributed by atoms with Gasteiger partial charge in [0, 0.05) is 23.7 Å². The van der Waals surface area contributed by atoms with Crippen molar-refractivity contribution in [3.05, 3.63) is 64.9 Å². The Balaban J connectivity index is 1.61. The van der Waals surface area contributed by atoms with Crippen LogP contribution < -0.4 is 0 Å². The maximum Gasteiger partial charge on any atom is 0.310 e. The van der Waals surface area contributed by atoms with Gasteiger partial charge in [0.25, 0.3) is 0 Å². The Morgan fingerprint density at radius 2 is 1.76 bits per heavy atom. The zero-order chi connectivity index (χ0) is 21.0. The summed E-state index contributed by atoms with van der Waals surface area (Å²) >= 11 is 5.81. The van der Waals surface area contributed by atoms with Gasteiger partial charge >= 0.3 is 5.97 Å². The van der Waals surface area contributed by atoms with Crippen LogP contribution in [0.25, 0.3) is 0 Å². The van der Waals surface area contributed by atoms with E-state index in [0.29, 0.717) is 24.4 Å². The summed E-state index contributed by atoms with van der Waals surface area (Å²) in [7, 11) is -3.76. The van der Waals surface area contributed by atoms with E-state index in [9.17, 15) is 22.4 Å². The number of ether oxygens (including phenoxy) is 1. The van der Waals surface area contributed by atoms with E-state index in [1.54, 1.807) is 0 Å². The second kappa shape index (κ2) is 9.02. The van der Waals surface area contributed by atoms with E-state index < -0.39 is 40.1 Å². The summed E-state index contributed by atoms with van der Waals surface area (Å²) < 4.78 is 44.8. The highest BCUT2D eigenvalue weighted by atomic mass is 35.5. The Morgan fingerprint density at radius 3 is 2.41 bits per heavy atom. The third kappa shape index (κ3) is 5.20. The molecule has 1 aliphatic heterocycles. The van der Waals surface area contributed by atoms with Crippen molar-refractivity contribution < 1.29 is 27.1 Å². The first kappa shape index (κ1) is 21.4. The lowest BCUT2D eigenvalue weighted by atomic mass is 10.00. The highest BCUT2D eigenvalue weighted by molar-refractivity contribution is 7.89. The predicted molar refractivity (Wildman–Crippen MR) is 105 cm³/mol. The molecule has 1 atom stereocenters. The number of nitrogens with zero attached hydrogens (tertiary/aromatic N) is 1. The molecule has 3 rings (SSSR count). The number of hydrogen-bond donors (Lipinski definition) is 0. The zero-order valence-electron chi connectivity index (χ0n) is 15.4. The summed E-state index contributed by atoms with van der Waals surface area (Å²) in [5.41, 5.74) is 0.231. The van der Waals surface area contributed by atoms with Gasteiger partial charge in [0.15, 0.2) is 12.4 Å². The third-order valence-electron chi connectivity index (χ3n) is 4.68. The molecule has 1 aliphatic rings. The van der Waals surface area contributed by atoms with Crippen LogP contribution in [0.1, 0.15) is 23.2 Å². The molecule has 1 fully saturated rings. The van der Waals surface area contributed by atoms with Crippen molar-refractivity contribution in [1.29, 1.82) is 0 Å². The van der Waals surface area contributed by atoms with Gasteiger partial charge in [0.2, 0.25) is 10.0 Å². The molecule has 154 valence electrons. The highest BCUT2D eigenvalue weighted by Gasteiger charge is 2.34. The van der Waals surface area contributed by atoms with E-state index in [2.05, 4.69) is 0 Å². The average Bonchev–Trinajstić information content (AvgIpc) is 2.72. The lowest BCUT2D eigenvalue weighted by Crippen LogP contribution is -2.42. The summed E-state index contributed by atoms with van der Waals surface area (Å²) in [4.78, 5) is 24.5. The maximum absolute atomic E-state index is 12.9. The van der Waals surface area contributed by atoms with Crippen molar-refractivity contribution in [1.82, 2.24) is 4.31 Å². The molecule has 29 heavy (non-hydrogen) atoms. The van der Waals surface area contributed by atoms with Crippen LogP contribution in [0.5, 0.6) is 0 Å². The number of carbonyl (C=O) groups excluding carboxylic acids is 2. The van der Waals surface area contributed by atoms with Gasteiger partial charge in [-0.2, -0.15) is 4.31 Å². The molecular weight excluding hydrogens is 421 g/mol. The maximum atomic E-state index is 12.9. The van der Waals surface area contributed by atoms with Crippen molar-refractivity contribution in [2.75, 3.05) is 19.7 Å². The molecule has 0 aliphatic carbocycles. The number of esters is 1. The fourth-order valence-corrected chi connectivity index (χ4v) is 4.73. The number of carbonyl (C=O) groups is 2. The molecule has 0 spiro atoms. The summed E-state index contributed by atoms with van der Waals surface area (Å²) in [6.07, 6.45) is 0.967. The first-order chi connectivity index (χ1) is 13.8. The van der Waals surface area contributed by atoms with Crippen LogP contribution in [0.4, 0.5) is 4.39 Å². The zero-order valence-corrected chi connectivity index (χ0v) is 17.0. The quantitative estimate of drug-likeness (QED) is 0.509. The minimum Gasteiger partial charge on any atom is -0.457 e. The third-order valence-corrected chi connectivity index (χ3v) is 6.81. The molecule has 6 nitrogen and oxygen atoms in total. The standard InChI is InChI=1S/C20H19ClFNO5S/c21-16-5-9-18(10-6-16)29(26,27)23-11-1-2-15(12-23)20(25)28-13-19(24)14-3-7-17(22)8-4-14/h3-10,15H,1-2,11-13H2. The first-order valence-electron chi connectivity index (χ1n) is 8.98. The molecule has 0 aromatic heterocycles. The Kier molecular flexibility index (Phi) is 6.66. The number of ketones is 1. The van der Waals surface area contributed by atoms with Crippen LogP contribution in [-0.2, 0) is 19.6 Å². The van der Waals surface area contributed by atoms with E-state index in [1.807, 2.05) is 0 Å². The number of piperidine rings is 1. The van der Waals surface area contributed by atoms with Gasteiger partial charge in [-0.3, -0.25) is 9.59 Å². The van der Waals surface area contributed by atoms with Crippen molar-refractivity contribution in [3.63, 3.8) is 0 Å². The van der Waals surface area contributed by atoms with Crippen LogP contribution in [0.15, 0.2) is 53.4 Å². The number of halogens is 2. The van der Waals surface area contributed by atoms with Gasteiger partial charge in [-0.05, 0) is 61.4 Å². The minimum atomic E-state index is -3.76. The van der Waals surface area contributed by atoms with Crippen molar-refractivity contribution in [2.24, 2.45) is 5.92 Å². The molecule has 0 radical (unpaired) electrons. The van der Waals surface area contributed by atoms with E-state index in [-0.39, 0.29) is 17.0 Å². The van der Waals surface area contributed by atoms with E-state index >= 15 is 0 Å². The fraction of sp³-hybridized carbons (Fsp3) is 0.300. The van der Waals surface area contributed by atoms with E-state index in [0.717, 1.165) is 12.1 Å². The van der Waals surface area contributed by atoms with Gasteiger partial charge in [0.05, 0.1) is 10.8 Å². The van der Waals surface area contributed by atoms with Gasteiger partial charge < -0.3 is 4.74 Å².